The number of fused-ring (bicyclic) bond motifs is 4. The van der Waals surface area contributed by atoms with Crippen molar-refractivity contribution in [3.63, 3.8) is 0 Å². The van der Waals surface area contributed by atoms with Crippen molar-refractivity contribution in [1.82, 2.24) is 10.2 Å². The number of nitrogens with one attached hydrogen (secondary N) is 1. The predicted octanol–water partition coefficient (Wildman–Crippen LogP) is 2.56. The molecule has 3 aliphatic heterocycles. The van der Waals surface area contributed by atoms with E-state index in [0.717, 1.165) is 32.4 Å². The first-order chi connectivity index (χ1) is 13.1. The second kappa shape index (κ2) is 7.69. The quantitative estimate of drug-likeness (QED) is 0.903. The fourth-order valence-corrected chi connectivity index (χ4v) is 4.23. The Labute approximate surface area is 159 Å². The monoisotopic (exact) mass is 366 g/mol. The summed E-state index contributed by atoms with van der Waals surface area (Å²) in [6, 6.07) is 12.3. The van der Waals surface area contributed by atoms with E-state index >= 15 is 0 Å². The van der Waals surface area contributed by atoms with E-state index in [1.165, 1.54) is 5.56 Å². The van der Waals surface area contributed by atoms with Gasteiger partial charge in [-0.15, -0.1) is 0 Å². The summed E-state index contributed by atoms with van der Waals surface area (Å²) in [6.07, 6.45) is 3.69. The van der Waals surface area contributed by atoms with Gasteiger partial charge in [0.25, 0.3) is 5.91 Å². The van der Waals surface area contributed by atoms with Crippen molar-refractivity contribution >= 4 is 5.91 Å². The van der Waals surface area contributed by atoms with Gasteiger partial charge in [-0.05, 0) is 55.8 Å². The minimum absolute atomic E-state index is 0.184. The van der Waals surface area contributed by atoms with Crippen molar-refractivity contribution < 1.29 is 9.21 Å². The number of amides is 1. The Kier molecular flexibility index (Phi) is 5.12. The molecule has 5 nitrogen and oxygen atoms in total. The first kappa shape index (κ1) is 18.0. The smallest absolute Gasteiger partial charge is 0.349 e. The Morgan fingerprint density at radius 2 is 2.00 bits per heavy atom. The van der Waals surface area contributed by atoms with Crippen LogP contribution >= 0.6 is 0 Å². The topological polar surface area (TPSA) is 62.6 Å². The molecule has 1 amide bonds. The molecule has 0 spiro atoms. The van der Waals surface area contributed by atoms with Crippen LogP contribution in [0.5, 0.6) is 0 Å². The lowest BCUT2D eigenvalue weighted by Crippen LogP contribution is -2.41. The van der Waals surface area contributed by atoms with Gasteiger partial charge in [0.15, 0.2) is 0 Å². The summed E-state index contributed by atoms with van der Waals surface area (Å²) in [5, 5.41) is 3.49. The lowest BCUT2D eigenvalue weighted by molar-refractivity contribution is 0.0743. The minimum atomic E-state index is -0.507. The first-order valence-corrected chi connectivity index (χ1v) is 9.80. The normalized spacial score (nSPS) is 21.9. The van der Waals surface area contributed by atoms with Crippen molar-refractivity contribution in [2.75, 3.05) is 19.6 Å². The second-order valence-electron chi connectivity index (χ2n) is 7.80. The Bertz CT molecular complexity index is 853. The average molecular weight is 366 g/mol. The molecule has 3 fully saturated rings. The lowest BCUT2D eigenvalue weighted by atomic mass is 9.97. The number of aryl methyl sites for hydroxylation is 3. The van der Waals surface area contributed by atoms with Crippen LogP contribution in [-0.2, 0) is 12.8 Å². The van der Waals surface area contributed by atoms with Gasteiger partial charge in [0.05, 0.1) is 0 Å². The van der Waals surface area contributed by atoms with Gasteiger partial charge in [0.1, 0.15) is 11.3 Å². The van der Waals surface area contributed by atoms with Gasteiger partial charge in [-0.2, -0.15) is 0 Å². The van der Waals surface area contributed by atoms with Gasteiger partial charge in [-0.1, -0.05) is 30.3 Å². The molecule has 4 heterocycles. The van der Waals surface area contributed by atoms with Gasteiger partial charge in [-0.3, -0.25) is 4.79 Å². The highest BCUT2D eigenvalue weighted by Crippen LogP contribution is 2.23. The molecule has 5 heteroatoms. The van der Waals surface area contributed by atoms with Crippen LogP contribution in [-0.4, -0.2) is 36.5 Å². The molecule has 142 valence electrons. The molecule has 1 N–H and O–H groups in total. The van der Waals surface area contributed by atoms with E-state index in [1.54, 1.807) is 0 Å². The molecule has 0 radical (unpaired) electrons. The van der Waals surface area contributed by atoms with E-state index in [0.29, 0.717) is 36.2 Å². The highest BCUT2D eigenvalue weighted by Gasteiger charge is 2.33. The van der Waals surface area contributed by atoms with Crippen LogP contribution in [0.15, 0.2) is 45.6 Å². The maximum Gasteiger partial charge on any atom is 0.349 e. The van der Waals surface area contributed by atoms with Gasteiger partial charge in [0, 0.05) is 25.6 Å². The highest BCUT2D eigenvalue weighted by molar-refractivity contribution is 5.95. The fourth-order valence-electron chi connectivity index (χ4n) is 4.23. The van der Waals surface area contributed by atoms with Crippen LogP contribution in [0.25, 0.3) is 0 Å². The van der Waals surface area contributed by atoms with E-state index in [4.69, 9.17) is 4.42 Å². The molecule has 1 aromatic heterocycles. The summed E-state index contributed by atoms with van der Waals surface area (Å²) >= 11 is 0. The molecule has 2 atom stereocenters. The average Bonchev–Trinajstić information content (AvgIpc) is 3.00. The highest BCUT2D eigenvalue weighted by atomic mass is 16.4. The molecular weight excluding hydrogens is 340 g/mol. The predicted molar refractivity (Wildman–Crippen MR) is 104 cm³/mol. The number of nitrogens with zero attached hydrogens (tertiary/aromatic N) is 1. The molecule has 2 bridgehead atoms. The Morgan fingerprint density at radius 3 is 2.70 bits per heavy atom. The van der Waals surface area contributed by atoms with Crippen LogP contribution < -0.4 is 10.9 Å². The van der Waals surface area contributed by atoms with Gasteiger partial charge >= 0.3 is 5.63 Å². The molecule has 5 rings (SSSR count). The van der Waals surface area contributed by atoms with Crippen molar-refractivity contribution in [3.05, 3.63) is 69.3 Å². The Hall–Kier alpha value is -2.40. The summed E-state index contributed by atoms with van der Waals surface area (Å²) in [7, 11) is 0. The van der Waals surface area contributed by atoms with Crippen LogP contribution in [0.1, 0.15) is 40.1 Å². The summed E-state index contributed by atoms with van der Waals surface area (Å²) in [5.74, 6) is 0.928. The maximum atomic E-state index is 13.0. The number of benzene rings is 1. The summed E-state index contributed by atoms with van der Waals surface area (Å²) in [5.41, 5.74) is 1.60. The number of carbonyl (C=O) groups is 1. The van der Waals surface area contributed by atoms with E-state index in [-0.39, 0.29) is 11.5 Å². The summed E-state index contributed by atoms with van der Waals surface area (Å²) < 4.78 is 5.50. The zero-order valence-electron chi connectivity index (χ0n) is 15.7. The number of hydrogen-bond donors (Lipinski definition) is 1. The molecule has 0 aliphatic carbocycles. The van der Waals surface area contributed by atoms with Crippen molar-refractivity contribution in [2.24, 2.45) is 5.92 Å². The van der Waals surface area contributed by atoms with E-state index in [9.17, 15) is 9.59 Å². The lowest BCUT2D eigenvalue weighted by Gasteiger charge is -2.23. The van der Waals surface area contributed by atoms with Crippen LogP contribution in [0.3, 0.4) is 0 Å². The molecule has 3 saturated heterocycles. The van der Waals surface area contributed by atoms with Crippen molar-refractivity contribution in [3.8, 4) is 0 Å². The number of piperidine rings is 1. The number of rotatable bonds is 4. The Balaban J connectivity index is 1.51. The van der Waals surface area contributed by atoms with Crippen molar-refractivity contribution in [2.45, 2.75) is 38.6 Å². The first-order valence-electron chi connectivity index (χ1n) is 9.80. The number of hydrogen-bond acceptors (Lipinski definition) is 4. The largest absolute Gasteiger partial charge is 0.427 e. The standard InChI is InChI=1S/C22H26N2O3/c1-15-11-19(10-8-16-5-3-2-4-6-16)27-22(26)20(15)21(25)24-13-17-7-9-18(14-24)23-12-17/h2-6,11,17-18,23H,7-10,12-14H2,1H3/t17-,18-/m0/s1. The summed E-state index contributed by atoms with van der Waals surface area (Å²) in [4.78, 5) is 27.5. The second-order valence-corrected chi connectivity index (χ2v) is 7.80. The molecule has 0 unspecified atom stereocenters. The fraction of sp³-hybridized carbons (Fsp3) is 0.455. The van der Waals surface area contributed by atoms with Gasteiger partial charge in [-0.25, -0.2) is 4.79 Å². The maximum absolute atomic E-state index is 13.0. The van der Waals surface area contributed by atoms with Crippen LogP contribution in [0.2, 0.25) is 0 Å². The zero-order chi connectivity index (χ0) is 18.8. The molecular formula is C22H26N2O3. The minimum Gasteiger partial charge on any atom is -0.427 e. The van der Waals surface area contributed by atoms with Crippen molar-refractivity contribution in [1.29, 1.82) is 0 Å². The molecule has 27 heavy (non-hydrogen) atoms. The zero-order valence-corrected chi connectivity index (χ0v) is 15.7. The molecule has 1 aromatic carbocycles. The van der Waals surface area contributed by atoms with E-state index in [1.807, 2.05) is 36.1 Å². The van der Waals surface area contributed by atoms with E-state index in [2.05, 4.69) is 17.4 Å². The summed E-state index contributed by atoms with van der Waals surface area (Å²) in [6.45, 7) is 4.18. The van der Waals surface area contributed by atoms with Crippen LogP contribution in [0.4, 0.5) is 0 Å². The third-order valence-corrected chi connectivity index (χ3v) is 5.74. The van der Waals surface area contributed by atoms with E-state index < -0.39 is 5.63 Å². The molecule has 3 aliphatic rings. The van der Waals surface area contributed by atoms with Gasteiger partial charge < -0.3 is 14.6 Å². The SMILES string of the molecule is Cc1cc(CCc2ccccc2)oc(=O)c1C(=O)N1C[C@H]2CC[C@@H](C1)NC2. The molecule has 0 saturated carbocycles. The van der Waals surface area contributed by atoms with Crippen LogP contribution in [0, 0.1) is 12.8 Å². The third kappa shape index (κ3) is 3.98. The number of carbonyl (C=O) groups excluding carboxylic acids is 1. The molecule has 2 aromatic rings. The third-order valence-electron chi connectivity index (χ3n) is 5.74. The Morgan fingerprint density at radius 1 is 1.19 bits per heavy atom. The van der Waals surface area contributed by atoms with Gasteiger partial charge in [0.2, 0.25) is 0 Å².